The maximum Gasteiger partial charge on any atom is 0.490 e. The Labute approximate surface area is 227 Å². The van der Waals surface area contributed by atoms with E-state index in [1.165, 1.54) is 6.08 Å². The molecule has 40 heavy (non-hydrogen) atoms. The molecule has 0 aliphatic carbocycles. The highest BCUT2D eigenvalue weighted by molar-refractivity contribution is 6.35. The summed E-state index contributed by atoms with van der Waals surface area (Å²) in [6.07, 6.45) is 0.0202. The van der Waals surface area contributed by atoms with Crippen LogP contribution in [0.15, 0.2) is 42.5 Å². The number of aromatic amines is 1. The minimum atomic E-state index is -5.08. The summed E-state index contributed by atoms with van der Waals surface area (Å²) in [6, 6.07) is 11.3. The molecular formula is C27H28F3N5O5. The van der Waals surface area contributed by atoms with E-state index in [9.17, 15) is 22.8 Å². The molecule has 1 aromatic heterocycles. The van der Waals surface area contributed by atoms with Gasteiger partial charge in [0.15, 0.2) is 0 Å². The highest BCUT2D eigenvalue weighted by Gasteiger charge is 2.38. The van der Waals surface area contributed by atoms with E-state index in [0.717, 1.165) is 34.3 Å². The largest absolute Gasteiger partial charge is 0.497 e. The smallest absolute Gasteiger partial charge is 0.490 e. The number of H-pyrrole nitrogens is 1. The van der Waals surface area contributed by atoms with Gasteiger partial charge in [-0.2, -0.15) is 18.3 Å². The van der Waals surface area contributed by atoms with Crippen LogP contribution in [0.5, 0.6) is 5.75 Å². The summed E-state index contributed by atoms with van der Waals surface area (Å²) in [4.78, 5) is 37.4. The first-order valence-electron chi connectivity index (χ1n) is 11.9. The number of halogens is 3. The van der Waals surface area contributed by atoms with E-state index in [-0.39, 0.29) is 11.8 Å². The second kappa shape index (κ2) is 12.5. The second-order valence-electron chi connectivity index (χ2n) is 9.04. The van der Waals surface area contributed by atoms with E-state index in [1.54, 1.807) is 25.1 Å². The number of hydrogen-bond donors (Lipinski definition) is 3. The van der Waals surface area contributed by atoms with Crippen molar-refractivity contribution in [2.45, 2.75) is 6.18 Å². The van der Waals surface area contributed by atoms with Gasteiger partial charge in [-0.15, -0.1) is 0 Å². The molecule has 4 rings (SSSR count). The monoisotopic (exact) mass is 559 g/mol. The number of aliphatic carboxylic acids is 1. The topological polar surface area (TPSA) is 128 Å². The number of ether oxygens (including phenoxy) is 1. The number of amides is 2. The molecule has 0 unspecified atom stereocenters. The third-order valence-corrected chi connectivity index (χ3v) is 5.82. The van der Waals surface area contributed by atoms with Crippen molar-refractivity contribution in [3.05, 3.63) is 59.3 Å². The van der Waals surface area contributed by atoms with Crippen LogP contribution in [0, 0.1) is 0 Å². The summed E-state index contributed by atoms with van der Waals surface area (Å²) in [6.45, 7) is 1.45. The number of fused-ring (bicyclic) bond motifs is 2. The zero-order chi connectivity index (χ0) is 29.6. The third kappa shape index (κ3) is 7.47. The number of anilines is 1. The van der Waals surface area contributed by atoms with Gasteiger partial charge >= 0.3 is 12.1 Å². The lowest BCUT2D eigenvalue weighted by atomic mass is 10.0. The third-order valence-electron chi connectivity index (χ3n) is 5.82. The van der Waals surface area contributed by atoms with Crippen LogP contribution in [0.25, 0.3) is 28.6 Å². The molecule has 3 aromatic rings. The molecule has 212 valence electrons. The fraction of sp³-hybridized carbons (Fsp3) is 0.259. The molecule has 1 aliphatic heterocycles. The summed E-state index contributed by atoms with van der Waals surface area (Å²) < 4.78 is 37.0. The van der Waals surface area contributed by atoms with Crippen LogP contribution in [0.1, 0.15) is 16.8 Å². The van der Waals surface area contributed by atoms with Gasteiger partial charge in [-0.1, -0.05) is 6.07 Å². The van der Waals surface area contributed by atoms with Crippen molar-refractivity contribution in [1.82, 2.24) is 20.0 Å². The number of likely N-dealkylation sites (N-methyl/N-ethyl adjacent to an activating group) is 2. The summed E-state index contributed by atoms with van der Waals surface area (Å²) in [5.41, 5.74) is 4.53. The van der Waals surface area contributed by atoms with Crippen molar-refractivity contribution in [1.29, 1.82) is 0 Å². The van der Waals surface area contributed by atoms with E-state index in [0.29, 0.717) is 23.6 Å². The SMILES string of the molecule is COc1ccc2c(c1)/C(=C\c1ccc3c(/C=C/C(=O)N(C)CCN(C)C)n[nH]c3c1)C(=O)N2.O=C(O)C(F)(F)F. The summed E-state index contributed by atoms with van der Waals surface area (Å²) in [5, 5.41) is 18.3. The zero-order valence-corrected chi connectivity index (χ0v) is 22.2. The highest BCUT2D eigenvalue weighted by Crippen LogP contribution is 2.36. The summed E-state index contributed by atoms with van der Waals surface area (Å²) in [7, 11) is 7.33. The predicted octanol–water partition coefficient (Wildman–Crippen LogP) is 3.73. The number of carboxylic acids is 1. The molecule has 0 saturated carbocycles. The van der Waals surface area contributed by atoms with Crippen molar-refractivity contribution < 1.29 is 37.4 Å². The van der Waals surface area contributed by atoms with Crippen molar-refractivity contribution in [3.8, 4) is 5.75 Å². The quantitative estimate of drug-likeness (QED) is 0.377. The lowest BCUT2D eigenvalue weighted by molar-refractivity contribution is -0.192. The first kappa shape index (κ1) is 29.9. The molecular weight excluding hydrogens is 531 g/mol. The van der Waals surface area contributed by atoms with Crippen molar-refractivity contribution in [2.24, 2.45) is 0 Å². The predicted molar refractivity (Wildman–Crippen MR) is 145 cm³/mol. The van der Waals surface area contributed by atoms with Crippen LogP contribution in [0.2, 0.25) is 0 Å². The molecule has 0 radical (unpaired) electrons. The molecule has 0 fully saturated rings. The molecule has 0 spiro atoms. The number of hydrogen-bond acceptors (Lipinski definition) is 6. The Hall–Kier alpha value is -4.65. The Morgan fingerprint density at radius 3 is 2.42 bits per heavy atom. The molecule has 2 amide bonds. The van der Waals surface area contributed by atoms with E-state index in [1.807, 2.05) is 61.5 Å². The maximum absolute atomic E-state index is 12.5. The van der Waals surface area contributed by atoms with Crippen molar-refractivity contribution >= 4 is 52.1 Å². The van der Waals surface area contributed by atoms with Gasteiger partial charge in [-0.05, 0) is 62.1 Å². The molecule has 2 aromatic carbocycles. The first-order valence-corrected chi connectivity index (χ1v) is 11.9. The average Bonchev–Trinajstić information content (AvgIpc) is 3.44. The number of carboxylic acid groups (broad SMARTS) is 1. The molecule has 13 heteroatoms. The number of nitrogens with one attached hydrogen (secondary N) is 2. The number of aromatic nitrogens is 2. The molecule has 3 N–H and O–H groups in total. The Morgan fingerprint density at radius 1 is 1.10 bits per heavy atom. The van der Waals surface area contributed by atoms with Gasteiger partial charge in [0.2, 0.25) is 5.91 Å². The number of rotatable bonds is 7. The van der Waals surface area contributed by atoms with Crippen LogP contribution < -0.4 is 10.1 Å². The Kier molecular flexibility index (Phi) is 9.32. The van der Waals surface area contributed by atoms with E-state index < -0.39 is 12.1 Å². The molecule has 0 bridgehead atoms. The lowest BCUT2D eigenvalue weighted by Gasteiger charge is -2.17. The van der Waals surface area contributed by atoms with Crippen LogP contribution >= 0.6 is 0 Å². The number of alkyl halides is 3. The molecule has 0 atom stereocenters. The Morgan fingerprint density at radius 2 is 1.80 bits per heavy atom. The van der Waals surface area contributed by atoms with Crippen LogP contribution in [0.3, 0.4) is 0 Å². The fourth-order valence-electron chi connectivity index (χ4n) is 3.62. The van der Waals surface area contributed by atoms with Crippen LogP contribution in [0.4, 0.5) is 18.9 Å². The zero-order valence-electron chi connectivity index (χ0n) is 22.2. The minimum absolute atomic E-state index is 0.0734. The molecule has 2 heterocycles. The summed E-state index contributed by atoms with van der Waals surface area (Å²) in [5.74, 6) is -2.29. The fourth-order valence-corrected chi connectivity index (χ4v) is 3.62. The van der Waals surface area contributed by atoms with Gasteiger partial charge in [0, 0.05) is 48.4 Å². The van der Waals surface area contributed by atoms with Crippen LogP contribution in [-0.4, -0.2) is 90.4 Å². The highest BCUT2D eigenvalue weighted by atomic mass is 19.4. The Bertz CT molecular complexity index is 1480. The molecule has 10 nitrogen and oxygen atoms in total. The van der Waals surface area contributed by atoms with Gasteiger partial charge in [0.25, 0.3) is 5.91 Å². The Balaban J connectivity index is 0.000000559. The van der Waals surface area contributed by atoms with Crippen molar-refractivity contribution in [2.75, 3.05) is 46.7 Å². The van der Waals surface area contributed by atoms with Gasteiger partial charge in [0.05, 0.1) is 18.3 Å². The van der Waals surface area contributed by atoms with Crippen molar-refractivity contribution in [3.63, 3.8) is 0 Å². The second-order valence-corrected chi connectivity index (χ2v) is 9.04. The molecule has 1 aliphatic rings. The van der Waals surface area contributed by atoms with Gasteiger partial charge < -0.3 is 25.0 Å². The minimum Gasteiger partial charge on any atom is -0.497 e. The van der Waals surface area contributed by atoms with Gasteiger partial charge in [-0.3, -0.25) is 14.7 Å². The standard InChI is InChI=1S/C25H27N5O3.C2HF3O2/c1-29(2)11-12-30(3)24(31)10-9-22-18-7-5-16(14-23(18)28-27-22)13-20-19-15-17(33-4)6-8-21(19)26-25(20)32;3-2(4,5)1(6)7/h5-10,13-15H,11-12H2,1-4H3,(H,26,32)(H,27,28);(H,6,7)/b10-9+,20-13+;. The summed E-state index contributed by atoms with van der Waals surface area (Å²) >= 11 is 0. The number of benzene rings is 2. The number of carbonyl (C=O) groups excluding carboxylic acids is 2. The van der Waals surface area contributed by atoms with Gasteiger partial charge in [-0.25, -0.2) is 4.79 Å². The lowest BCUT2D eigenvalue weighted by Crippen LogP contribution is -2.32. The first-order chi connectivity index (χ1) is 18.8. The van der Waals surface area contributed by atoms with E-state index in [4.69, 9.17) is 14.6 Å². The maximum atomic E-state index is 12.5. The average molecular weight is 560 g/mol. The number of methoxy groups -OCH3 is 1. The number of carbonyl (C=O) groups is 3. The normalized spacial score (nSPS) is 13.8. The van der Waals surface area contributed by atoms with Crippen LogP contribution in [-0.2, 0) is 14.4 Å². The molecule has 0 saturated heterocycles. The van der Waals surface area contributed by atoms with Gasteiger partial charge in [0.1, 0.15) is 5.75 Å². The number of nitrogens with zero attached hydrogens (tertiary/aromatic N) is 3. The van der Waals surface area contributed by atoms with E-state index >= 15 is 0 Å². The van der Waals surface area contributed by atoms with E-state index in [2.05, 4.69) is 15.5 Å².